The maximum atomic E-state index is 12.6. The minimum atomic E-state index is -0.124. The van der Waals surface area contributed by atoms with Gasteiger partial charge < -0.3 is 10.6 Å². The predicted molar refractivity (Wildman–Crippen MR) is 89.5 cm³/mol. The predicted octanol–water partition coefficient (Wildman–Crippen LogP) is 1.51. The van der Waals surface area contributed by atoms with E-state index in [0.29, 0.717) is 11.7 Å². The van der Waals surface area contributed by atoms with Gasteiger partial charge in [-0.25, -0.2) is 0 Å². The number of anilines is 1. The molecule has 0 radical (unpaired) electrons. The van der Waals surface area contributed by atoms with Crippen molar-refractivity contribution in [3.8, 4) is 0 Å². The fourth-order valence-electron chi connectivity index (χ4n) is 2.71. The minimum Gasteiger partial charge on any atom is -0.315 e. The van der Waals surface area contributed by atoms with Crippen LogP contribution in [0.2, 0.25) is 0 Å². The van der Waals surface area contributed by atoms with Gasteiger partial charge >= 0.3 is 0 Å². The third-order valence-corrected chi connectivity index (χ3v) is 5.27. The zero-order valence-electron chi connectivity index (χ0n) is 13.8. The Bertz CT molecular complexity index is 701. The lowest BCUT2D eigenvalue weighted by Gasteiger charge is -2.16. The van der Waals surface area contributed by atoms with E-state index >= 15 is 0 Å². The van der Waals surface area contributed by atoms with Gasteiger partial charge in [-0.2, -0.15) is 5.10 Å². The van der Waals surface area contributed by atoms with Gasteiger partial charge in [-0.1, -0.05) is 32.1 Å². The van der Waals surface area contributed by atoms with Crippen LogP contribution in [0.4, 0.5) is 5.13 Å². The van der Waals surface area contributed by atoms with Crippen molar-refractivity contribution in [3.05, 3.63) is 23.0 Å². The van der Waals surface area contributed by atoms with Crippen LogP contribution in [-0.2, 0) is 17.3 Å². The SMILES string of the molecule is Cn1cc([C@H]2CNC[C@@H]2C(=O)Nc2nnc(C(C)(C)C)s2)cn1. The average molecular weight is 334 g/mol. The van der Waals surface area contributed by atoms with Crippen LogP contribution in [0.3, 0.4) is 0 Å². The van der Waals surface area contributed by atoms with Crippen molar-refractivity contribution in [2.24, 2.45) is 13.0 Å². The zero-order valence-corrected chi connectivity index (χ0v) is 14.6. The van der Waals surface area contributed by atoms with Crippen LogP contribution in [0.1, 0.15) is 37.3 Å². The summed E-state index contributed by atoms with van der Waals surface area (Å²) in [7, 11) is 1.89. The molecule has 1 aliphatic rings. The van der Waals surface area contributed by atoms with Gasteiger partial charge in [0.15, 0.2) is 0 Å². The molecule has 3 rings (SSSR count). The molecule has 2 aromatic heterocycles. The Labute approximate surface area is 139 Å². The first kappa shape index (κ1) is 16.1. The van der Waals surface area contributed by atoms with Crippen molar-refractivity contribution in [1.29, 1.82) is 0 Å². The molecule has 124 valence electrons. The molecular weight excluding hydrogens is 312 g/mol. The van der Waals surface area contributed by atoms with Crippen molar-refractivity contribution in [3.63, 3.8) is 0 Å². The van der Waals surface area contributed by atoms with Gasteiger partial charge in [0.2, 0.25) is 11.0 Å². The van der Waals surface area contributed by atoms with E-state index in [2.05, 4.69) is 46.7 Å². The van der Waals surface area contributed by atoms with Gasteiger partial charge in [0.1, 0.15) is 5.01 Å². The summed E-state index contributed by atoms with van der Waals surface area (Å²) in [5.74, 6) is 0.000330. The molecule has 3 heterocycles. The molecule has 7 nitrogen and oxygen atoms in total. The van der Waals surface area contributed by atoms with E-state index in [1.807, 2.05) is 19.4 Å². The topological polar surface area (TPSA) is 84.7 Å². The Morgan fingerprint density at radius 3 is 2.78 bits per heavy atom. The molecule has 0 spiro atoms. The van der Waals surface area contributed by atoms with Crippen LogP contribution in [-0.4, -0.2) is 39.0 Å². The average Bonchev–Trinajstić information content (AvgIpc) is 3.15. The number of rotatable bonds is 3. The first-order valence-electron chi connectivity index (χ1n) is 7.68. The lowest BCUT2D eigenvalue weighted by Crippen LogP contribution is -2.28. The van der Waals surface area contributed by atoms with Crippen molar-refractivity contribution in [1.82, 2.24) is 25.3 Å². The van der Waals surface area contributed by atoms with Gasteiger partial charge in [0, 0.05) is 37.7 Å². The number of hydrogen-bond donors (Lipinski definition) is 2. The summed E-state index contributed by atoms with van der Waals surface area (Å²) in [6.07, 6.45) is 3.81. The standard InChI is InChI=1S/C15H22N6OS/c1-15(2,3)13-19-20-14(23-13)18-12(22)11-7-16-6-10(11)9-5-17-21(4)8-9/h5,8,10-11,16H,6-7H2,1-4H3,(H,18,20,22)/t10-,11+/m1/s1. The van der Waals surface area contributed by atoms with E-state index in [4.69, 9.17) is 0 Å². The summed E-state index contributed by atoms with van der Waals surface area (Å²) in [4.78, 5) is 12.6. The second kappa shape index (κ2) is 6.01. The summed E-state index contributed by atoms with van der Waals surface area (Å²) in [5.41, 5.74) is 1.03. The second-order valence-electron chi connectivity index (χ2n) is 6.97. The number of hydrogen-bond acceptors (Lipinski definition) is 6. The number of carbonyl (C=O) groups excluding carboxylic acids is 1. The number of nitrogens with zero attached hydrogens (tertiary/aromatic N) is 4. The number of aryl methyl sites for hydroxylation is 1. The molecule has 2 atom stereocenters. The largest absolute Gasteiger partial charge is 0.315 e. The van der Waals surface area contributed by atoms with Gasteiger partial charge in [-0.05, 0) is 5.56 Å². The van der Waals surface area contributed by atoms with Crippen LogP contribution >= 0.6 is 11.3 Å². The minimum absolute atomic E-state index is 0.0135. The van der Waals surface area contributed by atoms with Crippen molar-refractivity contribution in [2.45, 2.75) is 32.1 Å². The monoisotopic (exact) mass is 334 g/mol. The molecule has 8 heteroatoms. The normalized spacial score (nSPS) is 21.6. The molecule has 1 amide bonds. The van der Waals surface area contributed by atoms with Gasteiger partial charge in [0.25, 0.3) is 0 Å². The van der Waals surface area contributed by atoms with E-state index in [9.17, 15) is 4.79 Å². The molecule has 0 aromatic carbocycles. The molecule has 0 bridgehead atoms. The summed E-state index contributed by atoms with van der Waals surface area (Å²) >= 11 is 1.44. The molecule has 1 fully saturated rings. The molecule has 0 saturated carbocycles. The third kappa shape index (κ3) is 3.42. The molecule has 0 aliphatic carbocycles. The Hall–Kier alpha value is -1.80. The van der Waals surface area contributed by atoms with Crippen LogP contribution in [0.15, 0.2) is 12.4 Å². The van der Waals surface area contributed by atoms with Crippen LogP contribution in [0.5, 0.6) is 0 Å². The maximum absolute atomic E-state index is 12.6. The van der Waals surface area contributed by atoms with Crippen molar-refractivity contribution >= 4 is 22.4 Å². The maximum Gasteiger partial charge on any atom is 0.231 e. The number of nitrogens with one attached hydrogen (secondary N) is 2. The Balaban J connectivity index is 1.71. The summed E-state index contributed by atoms with van der Waals surface area (Å²) < 4.78 is 1.77. The van der Waals surface area contributed by atoms with E-state index in [0.717, 1.165) is 17.1 Å². The van der Waals surface area contributed by atoms with Crippen LogP contribution in [0.25, 0.3) is 0 Å². The Kier molecular flexibility index (Phi) is 4.20. The van der Waals surface area contributed by atoms with E-state index in [-0.39, 0.29) is 23.2 Å². The first-order chi connectivity index (χ1) is 10.8. The summed E-state index contributed by atoms with van der Waals surface area (Å²) in [6, 6.07) is 0. The fraction of sp³-hybridized carbons (Fsp3) is 0.600. The molecule has 0 unspecified atom stereocenters. The Morgan fingerprint density at radius 2 is 2.17 bits per heavy atom. The highest BCUT2D eigenvalue weighted by atomic mass is 32.1. The van der Waals surface area contributed by atoms with Crippen LogP contribution in [0, 0.1) is 5.92 Å². The third-order valence-electron chi connectivity index (χ3n) is 4.00. The molecule has 2 aromatic rings. The van der Waals surface area contributed by atoms with E-state index in [1.54, 1.807) is 4.68 Å². The van der Waals surface area contributed by atoms with Crippen LogP contribution < -0.4 is 10.6 Å². The molecular formula is C15H22N6OS. The molecule has 1 saturated heterocycles. The van der Waals surface area contributed by atoms with Gasteiger partial charge in [-0.15, -0.1) is 10.2 Å². The zero-order chi connectivity index (χ0) is 16.6. The second-order valence-corrected chi connectivity index (χ2v) is 7.95. The molecule has 23 heavy (non-hydrogen) atoms. The highest BCUT2D eigenvalue weighted by molar-refractivity contribution is 7.15. The summed E-state index contributed by atoms with van der Waals surface area (Å²) in [5, 5.41) is 20.2. The Morgan fingerprint density at radius 1 is 1.39 bits per heavy atom. The quantitative estimate of drug-likeness (QED) is 0.889. The smallest absolute Gasteiger partial charge is 0.231 e. The van der Waals surface area contributed by atoms with Gasteiger partial charge in [-0.3, -0.25) is 9.48 Å². The number of carbonyl (C=O) groups is 1. The highest BCUT2D eigenvalue weighted by Gasteiger charge is 2.35. The van der Waals surface area contributed by atoms with Gasteiger partial charge in [0.05, 0.1) is 12.1 Å². The highest BCUT2D eigenvalue weighted by Crippen LogP contribution is 2.31. The number of amides is 1. The lowest BCUT2D eigenvalue weighted by atomic mass is 9.90. The lowest BCUT2D eigenvalue weighted by molar-refractivity contribution is -0.119. The van der Waals surface area contributed by atoms with Crippen molar-refractivity contribution in [2.75, 3.05) is 18.4 Å². The first-order valence-corrected chi connectivity index (χ1v) is 8.50. The molecule has 2 N–H and O–H groups in total. The summed E-state index contributed by atoms with van der Waals surface area (Å²) in [6.45, 7) is 7.69. The van der Waals surface area contributed by atoms with E-state index < -0.39 is 0 Å². The number of aromatic nitrogens is 4. The van der Waals surface area contributed by atoms with E-state index in [1.165, 1.54) is 11.3 Å². The fourth-order valence-corrected chi connectivity index (χ4v) is 3.52. The molecule has 1 aliphatic heterocycles. The van der Waals surface area contributed by atoms with Crippen molar-refractivity contribution < 1.29 is 4.79 Å².